The number of methoxy groups -OCH3 is 1. The molecule has 5 heteroatoms. The smallest absolute Gasteiger partial charge is 0.409 e. The Kier molecular flexibility index (Phi) is 7.03. The third kappa shape index (κ3) is 5.22. The molecule has 0 unspecified atom stereocenters. The van der Waals surface area contributed by atoms with E-state index in [1.165, 1.54) is 7.11 Å². The third-order valence-corrected chi connectivity index (χ3v) is 6.80. The van der Waals surface area contributed by atoms with E-state index in [0.29, 0.717) is 25.8 Å². The van der Waals surface area contributed by atoms with E-state index in [9.17, 15) is 9.59 Å². The second-order valence-corrected chi connectivity index (χ2v) is 8.99. The molecule has 3 atom stereocenters. The van der Waals surface area contributed by atoms with Crippen LogP contribution >= 0.6 is 0 Å². The summed E-state index contributed by atoms with van der Waals surface area (Å²) in [5, 5.41) is 0. The van der Waals surface area contributed by atoms with Crippen molar-refractivity contribution in [2.75, 3.05) is 13.7 Å². The zero-order valence-electron chi connectivity index (χ0n) is 19.4. The molecule has 172 valence electrons. The fourth-order valence-electron chi connectivity index (χ4n) is 5.21. The van der Waals surface area contributed by atoms with Crippen molar-refractivity contribution in [1.82, 2.24) is 4.90 Å². The van der Waals surface area contributed by atoms with Gasteiger partial charge in [0, 0.05) is 30.5 Å². The zero-order chi connectivity index (χ0) is 23.3. The molecule has 0 bridgehead atoms. The standard InChI is InChI=1S/C28H31NO4/c1-21-8-6-11-23(20-21)15-18-28(33-26(30)14-13-22-9-4-3-5-10-22)17-7-12-25-24(28)16-19-29(25)27(31)32-2/h3-6,8-11,20,24-25H,7,12-14,16-17,19H2,1-2H3/t24-,25-,28-/m1/s1. The van der Waals surface area contributed by atoms with E-state index in [-0.39, 0.29) is 24.0 Å². The van der Waals surface area contributed by atoms with Crippen molar-refractivity contribution >= 4 is 12.1 Å². The second-order valence-electron chi connectivity index (χ2n) is 8.99. The van der Waals surface area contributed by atoms with Gasteiger partial charge in [-0.3, -0.25) is 4.79 Å². The Balaban J connectivity index is 1.60. The molecule has 33 heavy (non-hydrogen) atoms. The molecule has 1 amide bonds. The maximum atomic E-state index is 13.0. The highest BCUT2D eigenvalue weighted by molar-refractivity contribution is 5.71. The minimum absolute atomic E-state index is 0.0247. The summed E-state index contributed by atoms with van der Waals surface area (Å²) in [6.07, 6.45) is 3.74. The summed E-state index contributed by atoms with van der Waals surface area (Å²) in [7, 11) is 1.41. The summed E-state index contributed by atoms with van der Waals surface area (Å²) >= 11 is 0. The summed E-state index contributed by atoms with van der Waals surface area (Å²) in [5.41, 5.74) is 2.24. The molecule has 0 N–H and O–H groups in total. The van der Waals surface area contributed by atoms with Crippen LogP contribution in [0.25, 0.3) is 0 Å². The molecule has 1 aliphatic carbocycles. The van der Waals surface area contributed by atoms with Crippen molar-refractivity contribution in [2.45, 2.75) is 57.1 Å². The highest BCUT2D eigenvalue weighted by atomic mass is 16.6. The molecular formula is C28H31NO4. The van der Waals surface area contributed by atoms with Gasteiger partial charge in [-0.15, -0.1) is 0 Å². The molecule has 2 fully saturated rings. The largest absolute Gasteiger partial charge is 0.453 e. The molecule has 1 saturated carbocycles. The van der Waals surface area contributed by atoms with Crippen molar-refractivity contribution in [3.05, 3.63) is 71.3 Å². The molecule has 1 aliphatic heterocycles. The van der Waals surface area contributed by atoms with Crippen LogP contribution in [0.15, 0.2) is 54.6 Å². The Hall–Kier alpha value is -3.26. The number of hydrogen-bond acceptors (Lipinski definition) is 4. The van der Waals surface area contributed by atoms with Crippen LogP contribution in [0.3, 0.4) is 0 Å². The van der Waals surface area contributed by atoms with Crippen LogP contribution in [0.1, 0.15) is 48.8 Å². The van der Waals surface area contributed by atoms with Gasteiger partial charge in [-0.25, -0.2) is 4.79 Å². The summed E-state index contributed by atoms with van der Waals surface area (Å²) < 4.78 is 11.2. The SMILES string of the molecule is COC(=O)N1CC[C@@H]2[C@H]1CCC[C@]2(C#Cc1cccc(C)c1)OC(=O)CCc1ccccc1. The van der Waals surface area contributed by atoms with Gasteiger partial charge in [-0.05, 0) is 68.2 Å². The quantitative estimate of drug-likeness (QED) is 0.496. The molecule has 2 aliphatic rings. The minimum Gasteiger partial charge on any atom is -0.453 e. The van der Waals surface area contributed by atoms with Gasteiger partial charge in [-0.1, -0.05) is 48.4 Å². The van der Waals surface area contributed by atoms with Crippen molar-refractivity contribution in [3.63, 3.8) is 0 Å². The fraction of sp³-hybridized carbons (Fsp3) is 0.429. The van der Waals surface area contributed by atoms with E-state index >= 15 is 0 Å². The molecule has 4 rings (SSSR count). The number of hydrogen-bond donors (Lipinski definition) is 0. The topological polar surface area (TPSA) is 55.8 Å². The number of aryl methyl sites for hydroxylation is 2. The summed E-state index contributed by atoms with van der Waals surface area (Å²) in [6.45, 7) is 2.63. The second kappa shape index (κ2) is 10.1. The monoisotopic (exact) mass is 445 g/mol. The number of benzene rings is 2. The summed E-state index contributed by atoms with van der Waals surface area (Å²) in [6, 6.07) is 17.9. The van der Waals surface area contributed by atoms with Gasteiger partial charge < -0.3 is 14.4 Å². The van der Waals surface area contributed by atoms with Gasteiger partial charge in [0.1, 0.15) is 0 Å². The number of esters is 1. The van der Waals surface area contributed by atoms with Crippen LogP contribution in [0.4, 0.5) is 4.79 Å². The molecule has 1 saturated heterocycles. The number of likely N-dealkylation sites (tertiary alicyclic amines) is 1. The normalized spacial score (nSPS) is 23.8. The Morgan fingerprint density at radius 2 is 1.94 bits per heavy atom. The molecule has 2 aromatic rings. The van der Waals surface area contributed by atoms with Crippen LogP contribution < -0.4 is 0 Å². The Labute approximate surface area is 196 Å². The Bertz CT molecular complexity index is 1050. The Morgan fingerprint density at radius 1 is 1.12 bits per heavy atom. The van der Waals surface area contributed by atoms with E-state index < -0.39 is 5.60 Å². The predicted molar refractivity (Wildman–Crippen MR) is 127 cm³/mol. The van der Waals surface area contributed by atoms with Crippen molar-refractivity contribution in [2.24, 2.45) is 5.92 Å². The number of carbonyl (C=O) groups is 2. The van der Waals surface area contributed by atoms with Crippen LogP contribution in [0.2, 0.25) is 0 Å². The van der Waals surface area contributed by atoms with Crippen LogP contribution in [0.5, 0.6) is 0 Å². The molecule has 0 aromatic heterocycles. The molecule has 1 heterocycles. The first-order chi connectivity index (χ1) is 16.0. The summed E-state index contributed by atoms with van der Waals surface area (Å²) in [5.74, 6) is 6.40. The fourth-order valence-corrected chi connectivity index (χ4v) is 5.21. The Morgan fingerprint density at radius 3 is 2.70 bits per heavy atom. The molecule has 0 radical (unpaired) electrons. The van der Waals surface area contributed by atoms with Gasteiger partial charge >= 0.3 is 12.1 Å². The molecule has 2 aromatic carbocycles. The number of fused-ring (bicyclic) bond motifs is 1. The van der Waals surface area contributed by atoms with Gasteiger partial charge in [0.05, 0.1) is 7.11 Å². The zero-order valence-corrected chi connectivity index (χ0v) is 19.4. The van der Waals surface area contributed by atoms with Crippen molar-refractivity contribution in [3.8, 4) is 11.8 Å². The lowest BCUT2D eigenvalue weighted by Crippen LogP contribution is -2.51. The van der Waals surface area contributed by atoms with Crippen LogP contribution in [-0.4, -0.2) is 42.3 Å². The van der Waals surface area contributed by atoms with E-state index in [2.05, 4.69) is 11.8 Å². The lowest BCUT2D eigenvalue weighted by atomic mass is 9.72. The third-order valence-electron chi connectivity index (χ3n) is 6.80. The van der Waals surface area contributed by atoms with Gasteiger partial charge in [0.2, 0.25) is 0 Å². The minimum atomic E-state index is -0.900. The van der Waals surface area contributed by atoms with E-state index in [4.69, 9.17) is 9.47 Å². The lowest BCUT2D eigenvalue weighted by Gasteiger charge is -2.42. The van der Waals surface area contributed by atoms with Gasteiger partial charge in [0.25, 0.3) is 0 Å². The summed E-state index contributed by atoms with van der Waals surface area (Å²) in [4.78, 5) is 27.1. The van der Waals surface area contributed by atoms with Gasteiger partial charge in [0.15, 0.2) is 5.60 Å². The highest BCUT2D eigenvalue weighted by Gasteiger charge is 2.53. The molecule has 0 spiro atoms. The van der Waals surface area contributed by atoms with E-state index in [1.54, 1.807) is 4.90 Å². The number of ether oxygens (including phenoxy) is 2. The first kappa shape index (κ1) is 22.9. The highest BCUT2D eigenvalue weighted by Crippen LogP contribution is 2.45. The number of carbonyl (C=O) groups excluding carboxylic acids is 2. The van der Waals surface area contributed by atoms with E-state index in [1.807, 2.05) is 61.5 Å². The predicted octanol–water partition coefficient (Wildman–Crippen LogP) is 4.90. The van der Waals surface area contributed by atoms with E-state index in [0.717, 1.165) is 36.0 Å². The van der Waals surface area contributed by atoms with Crippen LogP contribution in [-0.2, 0) is 20.7 Å². The first-order valence-electron chi connectivity index (χ1n) is 11.7. The van der Waals surface area contributed by atoms with Crippen molar-refractivity contribution < 1.29 is 19.1 Å². The number of nitrogens with zero attached hydrogens (tertiary/aromatic N) is 1. The van der Waals surface area contributed by atoms with Gasteiger partial charge in [-0.2, -0.15) is 0 Å². The first-order valence-corrected chi connectivity index (χ1v) is 11.7. The maximum absolute atomic E-state index is 13.0. The lowest BCUT2D eigenvalue weighted by molar-refractivity contribution is -0.162. The number of amides is 1. The average molecular weight is 446 g/mol. The number of rotatable bonds is 4. The molecule has 5 nitrogen and oxygen atoms in total. The molecular weight excluding hydrogens is 414 g/mol. The van der Waals surface area contributed by atoms with Crippen molar-refractivity contribution in [1.29, 1.82) is 0 Å². The maximum Gasteiger partial charge on any atom is 0.409 e. The van der Waals surface area contributed by atoms with Crippen LogP contribution in [0, 0.1) is 24.7 Å². The average Bonchev–Trinajstić information content (AvgIpc) is 3.27.